The van der Waals surface area contributed by atoms with Crippen molar-refractivity contribution in [3.8, 4) is 5.75 Å². The first-order valence-corrected chi connectivity index (χ1v) is 7.01. The number of hydrogen-bond acceptors (Lipinski definition) is 4. The minimum Gasteiger partial charge on any atom is -0.494 e. The standard InChI is InChI=1S/C16H23NO4/c1-5-20-13-8-6-7-12(11-13)14(9-10-18)17-15(19)21-16(2,3)4/h6-8,10-11,14H,5,9H2,1-4H3,(H,17,19)/t14-/m1/s1. The molecule has 1 aromatic carbocycles. The first-order chi connectivity index (χ1) is 9.85. The molecule has 0 fully saturated rings. The third kappa shape index (κ3) is 6.29. The van der Waals surface area contributed by atoms with Crippen LogP contribution in [0.15, 0.2) is 24.3 Å². The predicted molar refractivity (Wildman–Crippen MR) is 80.4 cm³/mol. The maximum absolute atomic E-state index is 11.8. The monoisotopic (exact) mass is 293 g/mol. The Labute approximate surface area is 125 Å². The van der Waals surface area contributed by atoms with E-state index in [2.05, 4.69) is 5.32 Å². The molecule has 0 aromatic heterocycles. The maximum atomic E-state index is 11.8. The van der Waals surface area contributed by atoms with E-state index in [0.717, 1.165) is 11.8 Å². The number of rotatable bonds is 6. The Hall–Kier alpha value is -2.04. The van der Waals surface area contributed by atoms with Gasteiger partial charge in [-0.05, 0) is 45.4 Å². The van der Waals surface area contributed by atoms with Gasteiger partial charge in [0.1, 0.15) is 17.6 Å². The Balaban J connectivity index is 2.83. The number of ether oxygens (including phenoxy) is 2. The van der Waals surface area contributed by atoms with Crippen molar-refractivity contribution in [3.05, 3.63) is 29.8 Å². The second-order valence-corrected chi connectivity index (χ2v) is 5.61. The number of nitrogens with one attached hydrogen (secondary N) is 1. The lowest BCUT2D eigenvalue weighted by atomic mass is 10.0. The van der Waals surface area contributed by atoms with Crippen molar-refractivity contribution in [1.29, 1.82) is 0 Å². The predicted octanol–water partition coefficient (Wildman–Crippen LogP) is 3.24. The van der Waals surface area contributed by atoms with Crippen molar-refractivity contribution in [2.24, 2.45) is 0 Å². The average Bonchev–Trinajstić information content (AvgIpc) is 2.37. The Bertz CT molecular complexity index is 479. The highest BCUT2D eigenvalue weighted by Crippen LogP contribution is 2.22. The molecule has 0 radical (unpaired) electrons. The topological polar surface area (TPSA) is 64.6 Å². The fourth-order valence-electron chi connectivity index (χ4n) is 1.81. The third-order valence-electron chi connectivity index (χ3n) is 2.59. The summed E-state index contributed by atoms with van der Waals surface area (Å²) in [6.45, 7) is 7.82. The molecule has 0 spiro atoms. The molecule has 0 unspecified atom stereocenters. The number of alkyl carbamates (subject to hydrolysis) is 1. The number of hydrogen-bond donors (Lipinski definition) is 1. The van der Waals surface area contributed by atoms with Crippen molar-refractivity contribution < 1.29 is 19.1 Å². The zero-order chi connectivity index (χ0) is 15.9. The average molecular weight is 293 g/mol. The third-order valence-corrected chi connectivity index (χ3v) is 2.59. The quantitative estimate of drug-likeness (QED) is 0.818. The fraction of sp³-hybridized carbons (Fsp3) is 0.500. The van der Waals surface area contributed by atoms with E-state index in [-0.39, 0.29) is 6.42 Å². The summed E-state index contributed by atoms with van der Waals surface area (Å²) in [6, 6.07) is 6.88. The molecule has 0 heterocycles. The Morgan fingerprint density at radius 2 is 2.10 bits per heavy atom. The smallest absolute Gasteiger partial charge is 0.408 e. The fourth-order valence-corrected chi connectivity index (χ4v) is 1.81. The van der Waals surface area contributed by atoms with Gasteiger partial charge in [-0.1, -0.05) is 12.1 Å². The van der Waals surface area contributed by atoms with Crippen molar-refractivity contribution in [2.45, 2.75) is 45.8 Å². The summed E-state index contributed by atoms with van der Waals surface area (Å²) >= 11 is 0. The number of benzene rings is 1. The minimum absolute atomic E-state index is 0.175. The van der Waals surface area contributed by atoms with E-state index in [0.29, 0.717) is 12.4 Å². The van der Waals surface area contributed by atoms with Gasteiger partial charge in [-0.15, -0.1) is 0 Å². The molecule has 0 saturated carbocycles. The Kier molecular flexibility index (Phi) is 6.21. The van der Waals surface area contributed by atoms with Crippen LogP contribution >= 0.6 is 0 Å². The minimum atomic E-state index is -0.580. The summed E-state index contributed by atoms with van der Waals surface area (Å²) in [5.41, 5.74) is 0.224. The van der Waals surface area contributed by atoms with Crippen molar-refractivity contribution in [2.75, 3.05) is 6.61 Å². The molecule has 1 amide bonds. The summed E-state index contributed by atoms with van der Waals surface area (Å²) in [7, 11) is 0. The van der Waals surface area contributed by atoms with Crippen LogP contribution in [0.1, 0.15) is 45.7 Å². The molecular weight excluding hydrogens is 270 g/mol. The van der Waals surface area contributed by atoms with Crippen LogP contribution in [0.2, 0.25) is 0 Å². The first-order valence-electron chi connectivity index (χ1n) is 7.01. The number of carbonyl (C=O) groups excluding carboxylic acids is 2. The molecule has 1 N–H and O–H groups in total. The number of carbonyl (C=O) groups is 2. The molecule has 0 bridgehead atoms. The molecular formula is C16H23NO4. The second-order valence-electron chi connectivity index (χ2n) is 5.61. The van der Waals surface area contributed by atoms with Crippen LogP contribution in [0.25, 0.3) is 0 Å². The van der Waals surface area contributed by atoms with Gasteiger partial charge in [-0.25, -0.2) is 4.79 Å². The molecule has 5 heteroatoms. The van der Waals surface area contributed by atoms with Gasteiger partial charge in [-0.3, -0.25) is 0 Å². The highest BCUT2D eigenvalue weighted by Gasteiger charge is 2.20. The van der Waals surface area contributed by atoms with E-state index >= 15 is 0 Å². The zero-order valence-corrected chi connectivity index (χ0v) is 13.0. The largest absolute Gasteiger partial charge is 0.494 e. The van der Waals surface area contributed by atoms with Crippen LogP contribution in [-0.4, -0.2) is 24.6 Å². The van der Waals surface area contributed by atoms with E-state index < -0.39 is 17.7 Å². The van der Waals surface area contributed by atoms with Crippen LogP contribution in [0.5, 0.6) is 5.75 Å². The van der Waals surface area contributed by atoms with Crippen LogP contribution in [0.3, 0.4) is 0 Å². The summed E-state index contributed by atoms with van der Waals surface area (Å²) in [5.74, 6) is 0.705. The molecule has 1 aromatic rings. The lowest BCUT2D eigenvalue weighted by Gasteiger charge is -2.23. The molecule has 0 aliphatic carbocycles. The van der Waals surface area contributed by atoms with Crippen molar-refractivity contribution in [3.63, 3.8) is 0 Å². The summed E-state index contributed by atoms with van der Waals surface area (Å²) < 4.78 is 10.6. The molecule has 0 aliphatic heterocycles. The summed E-state index contributed by atoms with van der Waals surface area (Å²) in [6.07, 6.45) is 0.403. The van der Waals surface area contributed by atoms with Crippen molar-refractivity contribution in [1.82, 2.24) is 5.32 Å². The van der Waals surface area contributed by atoms with E-state index in [4.69, 9.17) is 9.47 Å². The van der Waals surface area contributed by atoms with Crippen LogP contribution in [-0.2, 0) is 9.53 Å². The number of aldehydes is 1. The summed E-state index contributed by atoms with van der Waals surface area (Å²) in [4.78, 5) is 22.7. The van der Waals surface area contributed by atoms with Gasteiger partial charge in [0.05, 0.1) is 12.6 Å². The lowest BCUT2D eigenvalue weighted by Crippen LogP contribution is -2.35. The van der Waals surface area contributed by atoms with E-state index in [1.54, 1.807) is 20.8 Å². The van der Waals surface area contributed by atoms with E-state index in [1.807, 2.05) is 31.2 Å². The molecule has 1 atom stereocenters. The van der Waals surface area contributed by atoms with Crippen LogP contribution < -0.4 is 10.1 Å². The number of amides is 1. The molecule has 5 nitrogen and oxygen atoms in total. The van der Waals surface area contributed by atoms with Gasteiger partial charge in [0.15, 0.2) is 0 Å². The molecule has 0 saturated heterocycles. The Morgan fingerprint density at radius 3 is 2.67 bits per heavy atom. The molecule has 0 aliphatic rings. The van der Waals surface area contributed by atoms with Gasteiger partial charge in [0.2, 0.25) is 0 Å². The summed E-state index contributed by atoms with van der Waals surface area (Å²) in [5, 5.41) is 2.71. The van der Waals surface area contributed by atoms with E-state index in [1.165, 1.54) is 0 Å². The van der Waals surface area contributed by atoms with Gasteiger partial charge in [0, 0.05) is 6.42 Å². The first kappa shape index (κ1) is 17.0. The van der Waals surface area contributed by atoms with Crippen molar-refractivity contribution >= 4 is 12.4 Å². The normalized spacial score (nSPS) is 12.4. The Morgan fingerprint density at radius 1 is 1.38 bits per heavy atom. The maximum Gasteiger partial charge on any atom is 0.408 e. The lowest BCUT2D eigenvalue weighted by molar-refractivity contribution is -0.108. The van der Waals surface area contributed by atoms with E-state index in [9.17, 15) is 9.59 Å². The SMILES string of the molecule is CCOc1cccc([C@@H](CC=O)NC(=O)OC(C)(C)C)c1. The van der Waals surface area contributed by atoms with Crippen LogP contribution in [0.4, 0.5) is 4.79 Å². The van der Waals surface area contributed by atoms with Gasteiger partial charge in [0.25, 0.3) is 0 Å². The highest BCUT2D eigenvalue weighted by molar-refractivity contribution is 5.69. The molecule has 1 rings (SSSR count). The van der Waals surface area contributed by atoms with Gasteiger partial charge in [-0.2, -0.15) is 0 Å². The molecule has 21 heavy (non-hydrogen) atoms. The molecule has 116 valence electrons. The van der Waals surface area contributed by atoms with Crippen LogP contribution in [0, 0.1) is 0 Å². The zero-order valence-electron chi connectivity index (χ0n) is 13.0. The highest BCUT2D eigenvalue weighted by atomic mass is 16.6. The van der Waals surface area contributed by atoms with Gasteiger partial charge >= 0.3 is 6.09 Å². The second kappa shape index (κ2) is 7.67. The van der Waals surface area contributed by atoms with Gasteiger partial charge < -0.3 is 19.6 Å².